The van der Waals surface area contributed by atoms with Crippen LogP contribution in [-0.2, 0) is 10.0 Å². The summed E-state index contributed by atoms with van der Waals surface area (Å²) in [7, 11) is -3.95. The van der Waals surface area contributed by atoms with Crippen LogP contribution in [0.4, 0.5) is 11.6 Å². The molecule has 3 rings (SSSR count). The summed E-state index contributed by atoms with van der Waals surface area (Å²) in [5, 5.41) is 18.1. The fourth-order valence-electron chi connectivity index (χ4n) is 2.01. The van der Waals surface area contributed by atoms with Crippen LogP contribution in [0.3, 0.4) is 0 Å². The van der Waals surface area contributed by atoms with Gasteiger partial charge in [0.15, 0.2) is 0 Å². The predicted molar refractivity (Wildman–Crippen MR) is 85.3 cm³/mol. The summed E-state index contributed by atoms with van der Waals surface area (Å²) in [6.07, 6.45) is 1.38. The number of sulfonamides is 1. The van der Waals surface area contributed by atoms with Crippen LogP contribution in [0.25, 0.3) is 5.69 Å². The summed E-state index contributed by atoms with van der Waals surface area (Å²) in [4.78, 5) is 9.92. The van der Waals surface area contributed by atoms with Gasteiger partial charge in [-0.1, -0.05) is 18.2 Å². The molecule has 0 aliphatic carbocycles. The Kier molecular flexibility index (Phi) is 3.96. The van der Waals surface area contributed by atoms with Gasteiger partial charge in [0.05, 0.1) is 15.5 Å². The second-order valence-electron chi connectivity index (χ2n) is 4.72. The molecule has 1 heterocycles. The number of rotatable bonds is 5. The molecule has 0 saturated carbocycles. The number of para-hydroxylation sites is 1. The summed E-state index contributed by atoms with van der Waals surface area (Å²) < 4.78 is 28.6. The second-order valence-corrected chi connectivity index (χ2v) is 6.40. The predicted octanol–water partition coefficient (Wildman–Crippen LogP) is 1.98. The van der Waals surface area contributed by atoms with E-state index < -0.39 is 14.9 Å². The zero-order valence-electron chi connectivity index (χ0n) is 12.1. The lowest BCUT2D eigenvalue weighted by Gasteiger charge is -2.09. The number of nitrogens with zero attached hydrogens (tertiary/aromatic N) is 4. The first-order chi connectivity index (χ1) is 11.5. The van der Waals surface area contributed by atoms with E-state index in [0.29, 0.717) is 5.69 Å². The van der Waals surface area contributed by atoms with E-state index in [1.54, 1.807) is 24.3 Å². The molecule has 122 valence electrons. The number of hydrogen-bond acceptors (Lipinski definition) is 6. The SMILES string of the molecule is O=[N+]([O-])c1ccc(S(=O)(=O)Nc2nncn2-c2ccccc2)cc1. The van der Waals surface area contributed by atoms with E-state index in [-0.39, 0.29) is 16.5 Å². The Labute approximate surface area is 136 Å². The Bertz CT molecular complexity index is 968. The monoisotopic (exact) mass is 345 g/mol. The third-order valence-electron chi connectivity index (χ3n) is 3.17. The zero-order valence-corrected chi connectivity index (χ0v) is 12.9. The van der Waals surface area contributed by atoms with Gasteiger partial charge in [-0.05, 0) is 24.3 Å². The van der Waals surface area contributed by atoms with Gasteiger partial charge in [-0.25, -0.2) is 13.1 Å². The van der Waals surface area contributed by atoms with Gasteiger partial charge in [0.1, 0.15) is 6.33 Å². The van der Waals surface area contributed by atoms with Gasteiger partial charge in [-0.3, -0.25) is 14.7 Å². The van der Waals surface area contributed by atoms with E-state index in [2.05, 4.69) is 14.9 Å². The van der Waals surface area contributed by atoms with E-state index in [1.807, 2.05) is 6.07 Å². The molecule has 1 aromatic heterocycles. The lowest BCUT2D eigenvalue weighted by Crippen LogP contribution is -2.16. The maximum absolute atomic E-state index is 12.4. The molecule has 0 saturated heterocycles. The quantitative estimate of drug-likeness (QED) is 0.557. The van der Waals surface area contributed by atoms with Gasteiger partial charge in [-0.2, -0.15) is 0 Å². The van der Waals surface area contributed by atoms with Gasteiger partial charge in [0, 0.05) is 12.1 Å². The van der Waals surface area contributed by atoms with Crippen LogP contribution in [0.5, 0.6) is 0 Å². The maximum Gasteiger partial charge on any atom is 0.269 e. The molecule has 0 atom stereocenters. The highest BCUT2D eigenvalue weighted by Gasteiger charge is 2.19. The molecule has 0 amide bonds. The molecular formula is C14H11N5O4S. The van der Waals surface area contributed by atoms with Crippen LogP contribution in [0.2, 0.25) is 0 Å². The third-order valence-corrected chi connectivity index (χ3v) is 4.51. The number of aromatic nitrogens is 3. The molecule has 10 heteroatoms. The van der Waals surface area contributed by atoms with Crippen molar-refractivity contribution in [3.8, 4) is 5.69 Å². The molecule has 0 fully saturated rings. The summed E-state index contributed by atoms with van der Waals surface area (Å²) in [5.41, 5.74) is 0.491. The first kappa shape index (κ1) is 15.6. The Hall–Kier alpha value is -3.27. The number of non-ortho nitro benzene ring substituents is 1. The number of nitro groups is 1. The van der Waals surface area contributed by atoms with Crippen LogP contribution < -0.4 is 4.72 Å². The van der Waals surface area contributed by atoms with Crippen molar-refractivity contribution >= 4 is 21.7 Å². The molecule has 2 aromatic carbocycles. The highest BCUT2D eigenvalue weighted by atomic mass is 32.2. The smallest absolute Gasteiger partial charge is 0.267 e. The van der Waals surface area contributed by atoms with E-state index in [1.165, 1.54) is 10.9 Å². The topological polar surface area (TPSA) is 120 Å². The first-order valence-electron chi connectivity index (χ1n) is 6.70. The van der Waals surface area contributed by atoms with E-state index >= 15 is 0 Å². The van der Waals surface area contributed by atoms with Crippen molar-refractivity contribution < 1.29 is 13.3 Å². The highest BCUT2D eigenvalue weighted by molar-refractivity contribution is 7.92. The van der Waals surface area contributed by atoms with Crippen LogP contribution in [0.15, 0.2) is 65.8 Å². The van der Waals surface area contributed by atoms with Crippen LogP contribution in [0, 0.1) is 10.1 Å². The van der Waals surface area contributed by atoms with Crippen molar-refractivity contribution in [2.45, 2.75) is 4.90 Å². The average Bonchev–Trinajstić information content (AvgIpc) is 3.03. The minimum absolute atomic E-state index is 0.0135. The largest absolute Gasteiger partial charge is 0.269 e. The average molecular weight is 345 g/mol. The van der Waals surface area contributed by atoms with Crippen molar-refractivity contribution in [1.29, 1.82) is 0 Å². The lowest BCUT2D eigenvalue weighted by molar-refractivity contribution is -0.384. The minimum Gasteiger partial charge on any atom is -0.267 e. The maximum atomic E-state index is 12.4. The van der Waals surface area contributed by atoms with Gasteiger partial charge < -0.3 is 0 Å². The number of nitrogens with one attached hydrogen (secondary N) is 1. The molecule has 0 aliphatic rings. The molecule has 24 heavy (non-hydrogen) atoms. The lowest BCUT2D eigenvalue weighted by atomic mass is 10.3. The zero-order chi connectivity index (χ0) is 17.2. The molecule has 3 aromatic rings. The molecule has 0 bridgehead atoms. The Morgan fingerprint density at radius 1 is 1.04 bits per heavy atom. The van der Waals surface area contributed by atoms with Crippen LogP contribution in [-0.4, -0.2) is 28.1 Å². The first-order valence-corrected chi connectivity index (χ1v) is 8.18. The fourth-order valence-corrected chi connectivity index (χ4v) is 3.00. The van der Waals surface area contributed by atoms with Crippen LogP contribution >= 0.6 is 0 Å². The molecular weight excluding hydrogens is 334 g/mol. The van der Waals surface area contributed by atoms with E-state index in [0.717, 1.165) is 24.3 Å². The van der Waals surface area contributed by atoms with Crippen molar-refractivity contribution in [2.75, 3.05) is 4.72 Å². The molecule has 1 N–H and O–H groups in total. The molecule has 0 aliphatic heterocycles. The number of anilines is 1. The normalized spacial score (nSPS) is 11.2. The number of hydrogen-bond donors (Lipinski definition) is 1. The molecule has 0 spiro atoms. The van der Waals surface area contributed by atoms with Crippen molar-refractivity contribution in [1.82, 2.24) is 14.8 Å². The van der Waals surface area contributed by atoms with Crippen molar-refractivity contribution in [3.05, 3.63) is 71.0 Å². The molecule has 9 nitrogen and oxygen atoms in total. The summed E-state index contributed by atoms with van der Waals surface area (Å²) in [6, 6.07) is 13.5. The number of benzene rings is 2. The van der Waals surface area contributed by atoms with Gasteiger partial charge >= 0.3 is 0 Å². The Balaban J connectivity index is 1.91. The third kappa shape index (κ3) is 3.08. The molecule has 0 unspecified atom stereocenters. The van der Waals surface area contributed by atoms with E-state index in [9.17, 15) is 18.5 Å². The van der Waals surface area contributed by atoms with Crippen molar-refractivity contribution in [3.63, 3.8) is 0 Å². The summed E-state index contributed by atoms with van der Waals surface area (Å²) in [5.74, 6) is 0.0135. The Morgan fingerprint density at radius 3 is 2.33 bits per heavy atom. The fraction of sp³-hybridized carbons (Fsp3) is 0. The highest BCUT2D eigenvalue weighted by Crippen LogP contribution is 2.20. The minimum atomic E-state index is -3.95. The van der Waals surface area contributed by atoms with Crippen molar-refractivity contribution in [2.24, 2.45) is 0 Å². The van der Waals surface area contributed by atoms with Gasteiger partial charge in [0.2, 0.25) is 5.95 Å². The Morgan fingerprint density at radius 2 is 1.71 bits per heavy atom. The number of nitro benzene ring substituents is 1. The van der Waals surface area contributed by atoms with Gasteiger partial charge in [0.25, 0.3) is 15.7 Å². The second kappa shape index (κ2) is 6.08. The summed E-state index contributed by atoms with van der Waals surface area (Å²) in [6.45, 7) is 0. The molecule has 0 radical (unpaired) electrons. The van der Waals surface area contributed by atoms with Gasteiger partial charge in [-0.15, -0.1) is 10.2 Å². The summed E-state index contributed by atoms with van der Waals surface area (Å²) >= 11 is 0. The van der Waals surface area contributed by atoms with Crippen LogP contribution in [0.1, 0.15) is 0 Å². The van der Waals surface area contributed by atoms with E-state index in [4.69, 9.17) is 0 Å². The standard InChI is InChI=1S/C14H11N5O4S/c20-19(21)12-6-8-13(9-7-12)24(22,23)17-14-16-15-10-18(14)11-4-2-1-3-5-11/h1-10H,(H,16,17).